The first kappa shape index (κ1) is 15.8. The minimum absolute atomic E-state index is 0.0236. The summed E-state index contributed by atoms with van der Waals surface area (Å²) in [7, 11) is 0. The van der Waals surface area contributed by atoms with Crippen molar-refractivity contribution >= 4 is 29.3 Å². The summed E-state index contributed by atoms with van der Waals surface area (Å²) in [5.41, 5.74) is 3.34. The maximum atomic E-state index is 12.3. The largest absolute Gasteiger partial charge is 0.273 e. The fourth-order valence-electron chi connectivity index (χ4n) is 2.98. The normalized spacial score (nSPS) is 21.7. The van der Waals surface area contributed by atoms with E-state index in [0.717, 1.165) is 25.7 Å². The number of hydrazine groups is 1. The van der Waals surface area contributed by atoms with Gasteiger partial charge in [-0.2, -0.15) is 0 Å². The van der Waals surface area contributed by atoms with Crippen LogP contribution in [0.1, 0.15) is 36.6 Å². The van der Waals surface area contributed by atoms with Gasteiger partial charge in [-0.05, 0) is 18.4 Å². The Morgan fingerprint density at radius 3 is 2.78 bits per heavy atom. The van der Waals surface area contributed by atoms with E-state index in [1.54, 1.807) is 12.1 Å². The van der Waals surface area contributed by atoms with Crippen LogP contribution in [0.15, 0.2) is 24.3 Å². The van der Waals surface area contributed by atoms with E-state index in [2.05, 4.69) is 5.43 Å². The summed E-state index contributed by atoms with van der Waals surface area (Å²) in [4.78, 5) is 34.8. The number of hydrogen-bond donors (Lipinski definition) is 1. The van der Waals surface area contributed by atoms with E-state index in [1.165, 1.54) is 28.9 Å². The molecule has 0 radical (unpaired) electrons. The van der Waals surface area contributed by atoms with Gasteiger partial charge in [0.1, 0.15) is 5.37 Å². The second-order valence-corrected chi connectivity index (χ2v) is 6.81. The van der Waals surface area contributed by atoms with Gasteiger partial charge in [0.2, 0.25) is 5.91 Å². The summed E-state index contributed by atoms with van der Waals surface area (Å²) >= 11 is 1.36. The van der Waals surface area contributed by atoms with Crippen molar-refractivity contribution in [2.75, 3.05) is 5.75 Å². The molecule has 122 valence electrons. The Labute approximate surface area is 137 Å². The standard InChI is InChI=1S/C15H17N3O4S/c19-13-9-23-15(11-6-3-7-12(8-11)18(21)22)17(13)16-14(20)10-4-1-2-5-10/h3,6-8,10,15H,1-2,4-5,9H2,(H,16,20). The van der Waals surface area contributed by atoms with Crippen LogP contribution in [-0.2, 0) is 9.59 Å². The molecule has 3 rings (SSSR count). The van der Waals surface area contributed by atoms with E-state index in [0.29, 0.717) is 5.56 Å². The van der Waals surface area contributed by atoms with Crippen molar-refractivity contribution in [2.45, 2.75) is 31.1 Å². The van der Waals surface area contributed by atoms with Crippen LogP contribution in [0.5, 0.6) is 0 Å². The number of carbonyl (C=O) groups excluding carboxylic acids is 2. The first-order valence-electron chi connectivity index (χ1n) is 7.55. The number of amides is 2. The minimum atomic E-state index is -0.466. The summed E-state index contributed by atoms with van der Waals surface area (Å²) in [5, 5.41) is 11.8. The zero-order valence-electron chi connectivity index (χ0n) is 12.4. The van der Waals surface area contributed by atoms with E-state index in [1.807, 2.05) is 0 Å². The molecule has 0 bridgehead atoms. The number of nitrogens with zero attached hydrogens (tertiary/aromatic N) is 2. The molecule has 2 aliphatic rings. The van der Waals surface area contributed by atoms with Gasteiger partial charge in [-0.1, -0.05) is 25.0 Å². The number of nitro groups is 1. The molecule has 0 spiro atoms. The van der Waals surface area contributed by atoms with Gasteiger partial charge in [-0.3, -0.25) is 25.1 Å². The molecule has 1 aromatic carbocycles. The highest BCUT2D eigenvalue weighted by atomic mass is 32.2. The third kappa shape index (κ3) is 3.31. The molecule has 8 heteroatoms. The molecular formula is C15H17N3O4S. The molecule has 1 unspecified atom stereocenters. The third-order valence-corrected chi connectivity index (χ3v) is 5.40. The van der Waals surface area contributed by atoms with E-state index in [9.17, 15) is 19.7 Å². The summed E-state index contributed by atoms with van der Waals surface area (Å²) in [6.07, 6.45) is 3.77. The van der Waals surface area contributed by atoms with Crippen molar-refractivity contribution in [1.29, 1.82) is 0 Å². The van der Waals surface area contributed by atoms with Crippen LogP contribution in [0.3, 0.4) is 0 Å². The predicted molar refractivity (Wildman–Crippen MR) is 85.2 cm³/mol. The lowest BCUT2D eigenvalue weighted by Crippen LogP contribution is -2.46. The second kappa shape index (κ2) is 6.57. The van der Waals surface area contributed by atoms with Crippen molar-refractivity contribution in [3.05, 3.63) is 39.9 Å². The average Bonchev–Trinajstić information content (AvgIpc) is 3.18. The van der Waals surface area contributed by atoms with Crippen LogP contribution in [0.25, 0.3) is 0 Å². The molecule has 1 atom stereocenters. The van der Waals surface area contributed by atoms with Crippen LogP contribution in [-0.4, -0.2) is 27.5 Å². The van der Waals surface area contributed by atoms with Gasteiger partial charge in [0.25, 0.3) is 11.6 Å². The first-order chi connectivity index (χ1) is 11.1. The molecule has 1 heterocycles. The third-order valence-electron chi connectivity index (χ3n) is 4.19. The van der Waals surface area contributed by atoms with Crippen LogP contribution in [0.2, 0.25) is 0 Å². The van der Waals surface area contributed by atoms with Crippen molar-refractivity contribution < 1.29 is 14.5 Å². The van der Waals surface area contributed by atoms with Crippen molar-refractivity contribution in [2.24, 2.45) is 5.92 Å². The van der Waals surface area contributed by atoms with Crippen LogP contribution < -0.4 is 5.43 Å². The van der Waals surface area contributed by atoms with E-state index >= 15 is 0 Å². The quantitative estimate of drug-likeness (QED) is 0.674. The molecule has 0 aromatic heterocycles. The van der Waals surface area contributed by atoms with Gasteiger partial charge in [0.15, 0.2) is 0 Å². The smallest absolute Gasteiger partial charge is 0.269 e. The van der Waals surface area contributed by atoms with Gasteiger partial charge < -0.3 is 0 Å². The van der Waals surface area contributed by atoms with Gasteiger partial charge in [-0.15, -0.1) is 11.8 Å². The zero-order chi connectivity index (χ0) is 16.4. The Balaban J connectivity index is 1.78. The number of non-ortho nitro benzene ring substituents is 1. The number of hydrogen-bond acceptors (Lipinski definition) is 5. The fourth-order valence-corrected chi connectivity index (χ4v) is 4.08. The molecular weight excluding hydrogens is 318 g/mol. The van der Waals surface area contributed by atoms with Gasteiger partial charge in [-0.25, -0.2) is 5.01 Å². The number of nitro benzene ring substituents is 1. The van der Waals surface area contributed by atoms with Crippen molar-refractivity contribution in [1.82, 2.24) is 10.4 Å². The number of rotatable bonds is 4. The summed E-state index contributed by atoms with van der Waals surface area (Å²) < 4.78 is 0. The summed E-state index contributed by atoms with van der Waals surface area (Å²) in [6, 6.07) is 6.18. The number of benzene rings is 1. The van der Waals surface area contributed by atoms with Gasteiger partial charge in [0, 0.05) is 18.1 Å². The number of carbonyl (C=O) groups is 2. The first-order valence-corrected chi connectivity index (χ1v) is 8.59. The number of nitrogens with one attached hydrogen (secondary N) is 1. The molecule has 1 aliphatic heterocycles. The molecule has 1 N–H and O–H groups in total. The van der Waals surface area contributed by atoms with Crippen molar-refractivity contribution in [3.63, 3.8) is 0 Å². The summed E-state index contributed by atoms with van der Waals surface area (Å²) in [6.45, 7) is 0. The van der Waals surface area contributed by atoms with Crippen LogP contribution in [0, 0.1) is 16.0 Å². The van der Waals surface area contributed by atoms with Crippen LogP contribution in [0.4, 0.5) is 5.69 Å². The second-order valence-electron chi connectivity index (χ2n) is 5.74. The highest BCUT2D eigenvalue weighted by Gasteiger charge is 2.36. The molecule has 1 aliphatic carbocycles. The van der Waals surface area contributed by atoms with E-state index in [4.69, 9.17) is 0 Å². The Morgan fingerprint density at radius 1 is 1.35 bits per heavy atom. The zero-order valence-corrected chi connectivity index (χ0v) is 13.3. The Morgan fingerprint density at radius 2 is 2.09 bits per heavy atom. The van der Waals surface area contributed by atoms with E-state index < -0.39 is 10.3 Å². The van der Waals surface area contributed by atoms with Gasteiger partial charge in [0.05, 0.1) is 10.7 Å². The average molecular weight is 335 g/mol. The SMILES string of the molecule is O=C(NN1C(=O)CSC1c1cccc([N+](=O)[O-])c1)C1CCCC1. The lowest BCUT2D eigenvalue weighted by molar-refractivity contribution is -0.384. The maximum absolute atomic E-state index is 12.3. The molecule has 1 aromatic rings. The lowest BCUT2D eigenvalue weighted by Gasteiger charge is -2.25. The van der Waals surface area contributed by atoms with Gasteiger partial charge >= 0.3 is 0 Å². The maximum Gasteiger partial charge on any atom is 0.269 e. The summed E-state index contributed by atoms with van der Waals surface area (Å²) in [5.74, 6) is -0.107. The van der Waals surface area contributed by atoms with Crippen LogP contribution >= 0.6 is 11.8 Å². The Bertz CT molecular complexity index is 645. The highest BCUT2D eigenvalue weighted by Crippen LogP contribution is 2.38. The molecule has 1 saturated carbocycles. The monoisotopic (exact) mass is 335 g/mol. The molecule has 23 heavy (non-hydrogen) atoms. The predicted octanol–water partition coefficient (Wildman–Crippen LogP) is 2.39. The lowest BCUT2D eigenvalue weighted by atomic mass is 10.1. The highest BCUT2D eigenvalue weighted by molar-refractivity contribution is 8.00. The molecule has 1 saturated heterocycles. The molecule has 2 amide bonds. The minimum Gasteiger partial charge on any atom is -0.273 e. The van der Waals surface area contributed by atoms with Crippen molar-refractivity contribution in [3.8, 4) is 0 Å². The topological polar surface area (TPSA) is 92.6 Å². The van der Waals surface area contributed by atoms with E-state index in [-0.39, 0.29) is 29.2 Å². The fraction of sp³-hybridized carbons (Fsp3) is 0.467. The number of thioether (sulfide) groups is 1. The molecule has 2 fully saturated rings. The Hall–Kier alpha value is -2.09. The molecule has 7 nitrogen and oxygen atoms in total. The Kier molecular flexibility index (Phi) is 4.51.